The standard InChI is InChI=1S/C30H28N2O9S/c1-4-39-29(37)23-17(3)24(30(38)40-5-2)42-25(23)31-22(33)16-41-28(36)21(15-18-11-7-6-8-12-18)32-26(34)19-13-9-10-14-20(19)27(32)35/h6-14,21H,4-5,15-16H2,1-3H3,(H,31,33)/t21-/m1/s1. The van der Waals surface area contributed by atoms with Gasteiger partial charge in [0.2, 0.25) is 0 Å². The van der Waals surface area contributed by atoms with Gasteiger partial charge in [-0.3, -0.25) is 19.3 Å². The van der Waals surface area contributed by atoms with E-state index in [1.54, 1.807) is 56.3 Å². The number of rotatable bonds is 11. The zero-order valence-electron chi connectivity index (χ0n) is 23.1. The van der Waals surface area contributed by atoms with Crippen molar-refractivity contribution < 1.29 is 43.0 Å². The van der Waals surface area contributed by atoms with Gasteiger partial charge in [-0.15, -0.1) is 11.3 Å². The van der Waals surface area contributed by atoms with Crippen LogP contribution in [0.3, 0.4) is 0 Å². The van der Waals surface area contributed by atoms with Gasteiger partial charge in [0, 0.05) is 6.42 Å². The zero-order valence-corrected chi connectivity index (χ0v) is 23.9. The molecule has 3 aromatic rings. The second kappa shape index (κ2) is 13.2. The van der Waals surface area contributed by atoms with E-state index in [0.717, 1.165) is 16.2 Å². The number of fused-ring (bicyclic) bond motifs is 1. The number of benzene rings is 2. The van der Waals surface area contributed by atoms with E-state index in [0.29, 0.717) is 5.56 Å². The molecular weight excluding hydrogens is 564 g/mol. The Morgan fingerprint density at radius 1 is 0.833 bits per heavy atom. The molecule has 3 amide bonds. The van der Waals surface area contributed by atoms with Crippen molar-refractivity contribution in [2.75, 3.05) is 25.1 Å². The van der Waals surface area contributed by atoms with Gasteiger partial charge in [0.15, 0.2) is 6.61 Å². The first-order chi connectivity index (χ1) is 20.2. The fraction of sp³-hybridized carbons (Fsp3) is 0.267. The molecule has 1 aromatic heterocycles. The van der Waals surface area contributed by atoms with Gasteiger partial charge >= 0.3 is 17.9 Å². The molecule has 42 heavy (non-hydrogen) atoms. The number of imide groups is 1. The van der Waals surface area contributed by atoms with Crippen molar-refractivity contribution in [2.45, 2.75) is 33.2 Å². The van der Waals surface area contributed by atoms with Gasteiger partial charge in [-0.2, -0.15) is 0 Å². The van der Waals surface area contributed by atoms with Crippen LogP contribution < -0.4 is 5.32 Å². The van der Waals surface area contributed by atoms with Crippen LogP contribution in [0.25, 0.3) is 0 Å². The number of hydrogen-bond acceptors (Lipinski definition) is 10. The minimum atomic E-state index is -1.35. The van der Waals surface area contributed by atoms with E-state index in [1.807, 2.05) is 0 Å². The zero-order chi connectivity index (χ0) is 30.4. The van der Waals surface area contributed by atoms with E-state index in [-0.39, 0.29) is 51.8 Å². The summed E-state index contributed by atoms with van der Waals surface area (Å²) in [6.07, 6.45) is -0.0349. The Kier molecular flexibility index (Phi) is 9.48. The van der Waals surface area contributed by atoms with Crippen LogP contribution in [0.5, 0.6) is 0 Å². The normalized spacial score (nSPS) is 12.9. The van der Waals surface area contributed by atoms with Crippen molar-refractivity contribution in [1.29, 1.82) is 0 Å². The largest absolute Gasteiger partial charge is 0.462 e. The molecule has 0 fully saturated rings. The first-order valence-electron chi connectivity index (χ1n) is 13.1. The highest BCUT2D eigenvalue weighted by Crippen LogP contribution is 2.34. The monoisotopic (exact) mass is 592 g/mol. The molecule has 11 nitrogen and oxygen atoms in total. The number of nitrogens with one attached hydrogen (secondary N) is 1. The summed E-state index contributed by atoms with van der Waals surface area (Å²) in [5.74, 6) is -4.48. The second-order valence-corrected chi connectivity index (χ2v) is 10.1. The van der Waals surface area contributed by atoms with E-state index in [2.05, 4.69) is 5.32 Å². The van der Waals surface area contributed by atoms with Gasteiger partial charge in [0.05, 0.1) is 29.9 Å². The molecule has 0 spiro atoms. The lowest BCUT2D eigenvalue weighted by molar-refractivity contribution is -0.151. The van der Waals surface area contributed by atoms with Crippen molar-refractivity contribution >= 4 is 52.0 Å². The predicted molar refractivity (Wildman–Crippen MR) is 151 cm³/mol. The summed E-state index contributed by atoms with van der Waals surface area (Å²) >= 11 is 0.828. The summed E-state index contributed by atoms with van der Waals surface area (Å²) in [4.78, 5) is 78.5. The van der Waals surface area contributed by atoms with Crippen LogP contribution >= 0.6 is 11.3 Å². The van der Waals surface area contributed by atoms with Crippen molar-refractivity contribution in [2.24, 2.45) is 0 Å². The van der Waals surface area contributed by atoms with Crippen LogP contribution in [0.2, 0.25) is 0 Å². The van der Waals surface area contributed by atoms with E-state index in [9.17, 15) is 28.8 Å². The predicted octanol–water partition coefficient (Wildman–Crippen LogP) is 3.80. The lowest BCUT2D eigenvalue weighted by atomic mass is 10.0. The summed E-state index contributed by atoms with van der Waals surface area (Å²) in [7, 11) is 0. The molecular formula is C30H28N2O9S. The Balaban J connectivity index is 1.53. The number of ether oxygens (including phenoxy) is 3. The third-order valence-electron chi connectivity index (χ3n) is 6.37. The minimum Gasteiger partial charge on any atom is -0.462 e. The number of thiophene rings is 1. The van der Waals surface area contributed by atoms with E-state index in [1.165, 1.54) is 19.1 Å². The number of hydrogen-bond donors (Lipinski definition) is 1. The molecule has 1 aliphatic rings. The molecule has 0 unspecified atom stereocenters. The first kappa shape index (κ1) is 30.1. The van der Waals surface area contributed by atoms with Crippen LogP contribution in [0.15, 0.2) is 54.6 Å². The SMILES string of the molecule is CCOC(=O)c1sc(NC(=O)COC(=O)[C@@H](Cc2ccccc2)N2C(=O)c3ccccc3C2=O)c(C(=O)OCC)c1C. The molecule has 0 saturated heterocycles. The summed E-state index contributed by atoms with van der Waals surface area (Å²) in [5, 5.41) is 2.52. The maximum absolute atomic E-state index is 13.3. The summed E-state index contributed by atoms with van der Waals surface area (Å²) in [5.41, 5.74) is 1.27. The van der Waals surface area contributed by atoms with Gasteiger partial charge in [0.1, 0.15) is 15.9 Å². The average molecular weight is 593 g/mol. The molecule has 1 aliphatic heterocycles. The summed E-state index contributed by atoms with van der Waals surface area (Å²) < 4.78 is 15.4. The molecule has 0 saturated carbocycles. The topological polar surface area (TPSA) is 145 Å². The molecule has 1 N–H and O–H groups in total. The lowest BCUT2D eigenvalue weighted by Crippen LogP contribution is -2.47. The Bertz CT molecular complexity index is 1510. The molecule has 2 aromatic carbocycles. The van der Waals surface area contributed by atoms with Gasteiger partial charge < -0.3 is 19.5 Å². The van der Waals surface area contributed by atoms with Crippen LogP contribution in [0.1, 0.15) is 65.7 Å². The van der Waals surface area contributed by atoms with Gasteiger partial charge in [-0.1, -0.05) is 42.5 Å². The summed E-state index contributed by atoms with van der Waals surface area (Å²) in [6, 6.07) is 13.7. The Hall–Kier alpha value is -4.84. The quantitative estimate of drug-likeness (QED) is 0.200. The molecule has 4 rings (SSSR count). The molecule has 0 radical (unpaired) electrons. The number of anilines is 1. The van der Waals surface area contributed by atoms with Crippen molar-refractivity contribution in [3.05, 3.63) is 87.3 Å². The second-order valence-electron chi connectivity index (χ2n) is 9.09. The van der Waals surface area contributed by atoms with Gasteiger partial charge in [0.25, 0.3) is 17.7 Å². The van der Waals surface area contributed by atoms with Crippen molar-refractivity contribution in [3.63, 3.8) is 0 Å². The third-order valence-corrected chi connectivity index (χ3v) is 7.55. The van der Waals surface area contributed by atoms with Crippen LogP contribution in [-0.2, 0) is 30.2 Å². The van der Waals surface area contributed by atoms with Crippen LogP contribution in [0, 0.1) is 6.92 Å². The number of nitrogens with zero attached hydrogens (tertiary/aromatic N) is 1. The molecule has 0 bridgehead atoms. The Morgan fingerprint density at radius 3 is 2.00 bits per heavy atom. The molecule has 218 valence electrons. The number of esters is 3. The van der Waals surface area contributed by atoms with Gasteiger partial charge in [-0.25, -0.2) is 14.4 Å². The molecule has 12 heteroatoms. The minimum absolute atomic E-state index is 0.0161. The highest BCUT2D eigenvalue weighted by atomic mass is 32.1. The highest BCUT2D eigenvalue weighted by Gasteiger charge is 2.43. The Labute approximate surface area is 245 Å². The molecule has 0 aliphatic carbocycles. The summed E-state index contributed by atoms with van der Waals surface area (Å²) in [6.45, 7) is 4.16. The third kappa shape index (κ3) is 6.23. The van der Waals surface area contributed by atoms with E-state index >= 15 is 0 Å². The first-order valence-corrected chi connectivity index (χ1v) is 13.9. The maximum Gasteiger partial charge on any atom is 0.348 e. The van der Waals surface area contributed by atoms with Crippen LogP contribution in [-0.4, -0.2) is 66.4 Å². The van der Waals surface area contributed by atoms with Crippen molar-refractivity contribution in [1.82, 2.24) is 4.90 Å². The van der Waals surface area contributed by atoms with E-state index < -0.39 is 48.3 Å². The fourth-order valence-corrected chi connectivity index (χ4v) is 5.55. The maximum atomic E-state index is 13.3. The van der Waals surface area contributed by atoms with Gasteiger partial charge in [-0.05, 0) is 44.0 Å². The number of carbonyl (C=O) groups excluding carboxylic acids is 6. The molecule has 1 atom stereocenters. The fourth-order valence-electron chi connectivity index (χ4n) is 4.45. The number of carbonyl (C=O) groups is 6. The average Bonchev–Trinajstić information content (AvgIpc) is 3.43. The Morgan fingerprint density at radius 2 is 1.40 bits per heavy atom. The highest BCUT2D eigenvalue weighted by molar-refractivity contribution is 7.18. The van der Waals surface area contributed by atoms with Crippen molar-refractivity contribution in [3.8, 4) is 0 Å². The number of amides is 3. The lowest BCUT2D eigenvalue weighted by Gasteiger charge is -2.24. The smallest absolute Gasteiger partial charge is 0.348 e. The molecule has 2 heterocycles. The van der Waals surface area contributed by atoms with Crippen LogP contribution in [0.4, 0.5) is 5.00 Å². The van der Waals surface area contributed by atoms with E-state index in [4.69, 9.17) is 14.2 Å².